The molecule has 3 rings (SSSR count). The van der Waals surface area contributed by atoms with Crippen LogP contribution in [-0.2, 0) is 0 Å². The number of aromatic amines is 1. The monoisotopic (exact) mass is 308 g/mol. The Labute approximate surface area is 130 Å². The first-order valence-corrected chi connectivity index (χ1v) is 6.76. The summed E-state index contributed by atoms with van der Waals surface area (Å²) in [5.74, 6) is -0.0528. The number of carbonyl (C=O) groups is 1. The van der Waals surface area contributed by atoms with Crippen molar-refractivity contribution in [3.63, 3.8) is 0 Å². The van der Waals surface area contributed by atoms with Crippen LogP contribution in [0.3, 0.4) is 0 Å². The van der Waals surface area contributed by atoms with Crippen molar-refractivity contribution >= 4 is 12.1 Å². The van der Waals surface area contributed by atoms with Gasteiger partial charge in [-0.05, 0) is 18.2 Å². The van der Waals surface area contributed by atoms with E-state index in [1.807, 2.05) is 18.2 Å². The van der Waals surface area contributed by atoms with Crippen molar-refractivity contribution in [2.24, 2.45) is 5.10 Å². The third-order valence-electron chi connectivity index (χ3n) is 2.96. The molecule has 114 valence electrons. The normalized spacial score (nSPS) is 10.8. The SMILES string of the molecule is O=C(N/N=C/c1ccco1)c1cc(-c2ccccc2)nc(=O)[nH]1. The number of nitrogens with one attached hydrogen (secondary N) is 2. The standard InChI is InChI=1S/C16H12N4O3/c21-15(20-17-10-12-7-4-8-23-12)14-9-13(18-16(22)19-14)11-5-2-1-3-6-11/h1-10H,(H,20,21)(H,18,19,22)/b17-10+. The number of nitrogens with zero attached hydrogens (tertiary/aromatic N) is 2. The van der Waals surface area contributed by atoms with Crippen LogP contribution in [0.4, 0.5) is 0 Å². The van der Waals surface area contributed by atoms with Gasteiger partial charge >= 0.3 is 5.69 Å². The molecule has 1 aromatic carbocycles. The third-order valence-corrected chi connectivity index (χ3v) is 2.96. The smallest absolute Gasteiger partial charge is 0.346 e. The predicted molar refractivity (Wildman–Crippen MR) is 84.1 cm³/mol. The Balaban J connectivity index is 1.81. The van der Waals surface area contributed by atoms with Gasteiger partial charge in [-0.1, -0.05) is 30.3 Å². The van der Waals surface area contributed by atoms with Crippen LogP contribution in [0.5, 0.6) is 0 Å². The van der Waals surface area contributed by atoms with Crippen molar-refractivity contribution in [2.75, 3.05) is 0 Å². The number of furan rings is 1. The van der Waals surface area contributed by atoms with Crippen molar-refractivity contribution in [1.82, 2.24) is 15.4 Å². The van der Waals surface area contributed by atoms with Crippen LogP contribution in [0.15, 0.2) is 69.1 Å². The molecule has 0 atom stereocenters. The maximum atomic E-state index is 12.1. The highest BCUT2D eigenvalue weighted by atomic mass is 16.3. The maximum absolute atomic E-state index is 12.1. The quantitative estimate of drug-likeness (QED) is 0.567. The summed E-state index contributed by atoms with van der Waals surface area (Å²) in [6.45, 7) is 0. The molecular weight excluding hydrogens is 296 g/mol. The van der Waals surface area contributed by atoms with E-state index in [1.165, 1.54) is 18.5 Å². The first kappa shape index (κ1) is 14.5. The molecule has 0 unspecified atom stereocenters. The fourth-order valence-corrected chi connectivity index (χ4v) is 1.92. The molecule has 0 aliphatic carbocycles. The van der Waals surface area contributed by atoms with Crippen molar-refractivity contribution in [3.8, 4) is 11.3 Å². The molecule has 2 heterocycles. The average molecular weight is 308 g/mol. The minimum absolute atomic E-state index is 0.0699. The Morgan fingerprint density at radius 1 is 1.22 bits per heavy atom. The van der Waals surface area contributed by atoms with Crippen molar-refractivity contribution < 1.29 is 9.21 Å². The molecule has 0 spiro atoms. The summed E-state index contributed by atoms with van der Waals surface area (Å²) in [5.41, 5.74) is 2.93. The van der Waals surface area contributed by atoms with Crippen molar-refractivity contribution in [1.29, 1.82) is 0 Å². The summed E-state index contributed by atoms with van der Waals surface area (Å²) in [5, 5.41) is 3.76. The summed E-state index contributed by atoms with van der Waals surface area (Å²) in [4.78, 5) is 30.0. The molecule has 0 aliphatic rings. The lowest BCUT2D eigenvalue weighted by atomic mass is 10.1. The molecular formula is C16H12N4O3. The molecule has 0 radical (unpaired) electrons. The van der Waals surface area contributed by atoms with Crippen LogP contribution in [0, 0.1) is 0 Å². The highest BCUT2D eigenvalue weighted by Gasteiger charge is 2.09. The molecule has 0 saturated carbocycles. The molecule has 0 aliphatic heterocycles. The van der Waals surface area contributed by atoms with E-state index < -0.39 is 11.6 Å². The van der Waals surface area contributed by atoms with E-state index in [0.717, 1.165) is 5.56 Å². The Kier molecular flexibility index (Phi) is 4.10. The molecule has 3 aromatic rings. The first-order valence-electron chi connectivity index (χ1n) is 6.76. The van der Waals surface area contributed by atoms with Crippen LogP contribution in [-0.4, -0.2) is 22.1 Å². The summed E-state index contributed by atoms with van der Waals surface area (Å²) in [6, 6.07) is 14.0. The van der Waals surface area contributed by atoms with E-state index in [2.05, 4.69) is 20.5 Å². The van der Waals surface area contributed by atoms with Gasteiger partial charge in [0, 0.05) is 5.56 Å². The summed E-state index contributed by atoms with van der Waals surface area (Å²) in [6.07, 6.45) is 2.85. The van der Waals surface area contributed by atoms with Gasteiger partial charge in [-0.3, -0.25) is 4.79 Å². The number of H-pyrrole nitrogens is 1. The van der Waals surface area contributed by atoms with Gasteiger partial charge in [0.2, 0.25) is 0 Å². The molecule has 2 aromatic heterocycles. The lowest BCUT2D eigenvalue weighted by Gasteiger charge is -2.03. The van der Waals surface area contributed by atoms with Gasteiger partial charge in [0.15, 0.2) is 0 Å². The zero-order chi connectivity index (χ0) is 16.1. The lowest BCUT2D eigenvalue weighted by Crippen LogP contribution is -2.24. The highest BCUT2D eigenvalue weighted by Crippen LogP contribution is 2.15. The van der Waals surface area contributed by atoms with Crippen molar-refractivity contribution in [3.05, 3.63) is 76.7 Å². The minimum Gasteiger partial charge on any atom is -0.463 e. The van der Waals surface area contributed by atoms with E-state index in [1.54, 1.807) is 24.3 Å². The topological polar surface area (TPSA) is 100 Å². The average Bonchev–Trinajstić information content (AvgIpc) is 3.08. The number of hydrazone groups is 1. The van der Waals surface area contributed by atoms with Crippen LogP contribution >= 0.6 is 0 Å². The highest BCUT2D eigenvalue weighted by molar-refractivity contribution is 5.93. The van der Waals surface area contributed by atoms with Crippen LogP contribution in [0.1, 0.15) is 16.2 Å². The number of benzene rings is 1. The minimum atomic E-state index is -0.605. The number of aromatic nitrogens is 2. The van der Waals surface area contributed by atoms with Crippen molar-refractivity contribution in [2.45, 2.75) is 0 Å². The number of carbonyl (C=O) groups excluding carboxylic acids is 1. The van der Waals surface area contributed by atoms with E-state index in [9.17, 15) is 9.59 Å². The van der Waals surface area contributed by atoms with E-state index >= 15 is 0 Å². The predicted octanol–water partition coefficient (Wildman–Crippen LogP) is 1.79. The van der Waals surface area contributed by atoms with Gasteiger partial charge < -0.3 is 9.40 Å². The summed E-state index contributed by atoms with van der Waals surface area (Å²) < 4.78 is 5.05. The molecule has 0 saturated heterocycles. The molecule has 0 fully saturated rings. The number of hydrogen-bond donors (Lipinski definition) is 2. The lowest BCUT2D eigenvalue weighted by molar-refractivity contribution is 0.0949. The molecule has 2 N–H and O–H groups in total. The van der Waals surface area contributed by atoms with Crippen LogP contribution < -0.4 is 11.1 Å². The van der Waals surface area contributed by atoms with Gasteiger partial charge in [-0.15, -0.1) is 0 Å². The molecule has 23 heavy (non-hydrogen) atoms. The second kappa shape index (κ2) is 6.52. The second-order valence-electron chi connectivity index (χ2n) is 4.57. The molecule has 1 amide bonds. The number of rotatable bonds is 4. The number of amides is 1. The van der Waals surface area contributed by atoms with Gasteiger partial charge in [0.25, 0.3) is 5.91 Å². The summed E-state index contributed by atoms with van der Waals surface area (Å²) in [7, 11) is 0. The van der Waals surface area contributed by atoms with Gasteiger partial charge in [0.05, 0.1) is 18.2 Å². The Bertz CT molecular complexity index is 883. The largest absolute Gasteiger partial charge is 0.463 e. The zero-order valence-electron chi connectivity index (χ0n) is 11.9. The third kappa shape index (κ3) is 3.59. The number of hydrogen-bond acceptors (Lipinski definition) is 5. The van der Waals surface area contributed by atoms with Crippen LogP contribution in [0.25, 0.3) is 11.3 Å². The Morgan fingerprint density at radius 3 is 2.78 bits per heavy atom. The van der Waals surface area contributed by atoms with E-state index in [4.69, 9.17) is 4.42 Å². The maximum Gasteiger partial charge on any atom is 0.346 e. The van der Waals surface area contributed by atoms with E-state index in [-0.39, 0.29) is 5.69 Å². The van der Waals surface area contributed by atoms with E-state index in [0.29, 0.717) is 11.5 Å². The van der Waals surface area contributed by atoms with Gasteiger partial charge in [0.1, 0.15) is 11.5 Å². The fraction of sp³-hybridized carbons (Fsp3) is 0. The Hall–Kier alpha value is -3.48. The van der Waals surface area contributed by atoms with Gasteiger partial charge in [-0.2, -0.15) is 10.1 Å². The molecule has 7 heteroatoms. The first-order chi connectivity index (χ1) is 11.2. The zero-order valence-corrected chi connectivity index (χ0v) is 11.9. The second-order valence-corrected chi connectivity index (χ2v) is 4.57. The van der Waals surface area contributed by atoms with Gasteiger partial charge in [-0.25, -0.2) is 10.2 Å². The summed E-state index contributed by atoms with van der Waals surface area (Å²) >= 11 is 0. The molecule has 0 bridgehead atoms. The Morgan fingerprint density at radius 2 is 2.04 bits per heavy atom. The molecule has 7 nitrogen and oxygen atoms in total. The fourth-order valence-electron chi connectivity index (χ4n) is 1.92. The van der Waals surface area contributed by atoms with Crippen LogP contribution in [0.2, 0.25) is 0 Å².